The van der Waals surface area contributed by atoms with Crippen molar-refractivity contribution in [3.8, 4) is 5.75 Å². The molecule has 0 saturated carbocycles. The molecule has 0 radical (unpaired) electrons. The highest BCUT2D eigenvalue weighted by atomic mass is 16.6. The molecular weight excluding hydrogens is 404 g/mol. The molecule has 0 aliphatic carbocycles. The number of hydrogen-bond donors (Lipinski definition) is 2. The third kappa shape index (κ3) is 6.77. The average molecular weight is 428 g/mol. The zero-order chi connectivity index (χ0) is 22.8. The van der Waals surface area contributed by atoms with Crippen LogP contribution in [0, 0.1) is 0 Å². The second-order valence-electron chi connectivity index (χ2n) is 6.07. The van der Waals surface area contributed by atoms with Gasteiger partial charge in [-0.25, -0.2) is 14.6 Å². The van der Waals surface area contributed by atoms with E-state index < -0.39 is 12.2 Å². The average Bonchev–Trinajstić information content (AvgIpc) is 2.74. The van der Waals surface area contributed by atoms with Gasteiger partial charge in [0.15, 0.2) is 11.6 Å². The molecular formula is C20H24N6O5. The van der Waals surface area contributed by atoms with Crippen molar-refractivity contribution in [2.45, 2.75) is 20.8 Å². The predicted octanol–water partition coefficient (Wildman–Crippen LogP) is 4.47. The van der Waals surface area contributed by atoms with Gasteiger partial charge in [-0.05, 0) is 38.1 Å². The van der Waals surface area contributed by atoms with E-state index in [0.717, 1.165) is 0 Å². The van der Waals surface area contributed by atoms with Crippen LogP contribution in [0.5, 0.6) is 5.75 Å². The Kier molecular flexibility index (Phi) is 8.43. The molecule has 164 valence electrons. The van der Waals surface area contributed by atoms with Crippen molar-refractivity contribution in [3.05, 3.63) is 36.4 Å². The number of para-hydroxylation sites is 1. The summed E-state index contributed by atoms with van der Waals surface area (Å²) in [7, 11) is 1.20. The molecule has 11 nitrogen and oxygen atoms in total. The highest BCUT2D eigenvalue weighted by Gasteiger charge is 2.15. The lowest BCUT2D eigenvalue weighted by Gasteiger charge is -2.18. The van der Waals surface area contributed by atoms with E-state index in [2.05, 4.69) is 30.6 Å². The first-order valence-electron chi connectivity index (χ1n) is 9.49. The van der Waals surface area contributed by atoms with Crippen LogP contribution in [-0.2, 0) is 9.53 Å². The summed E-state index contributed by atoms with van der Waals surface area (Å²) in [5.74, 6) is 0.147. The number of methoxy groups -OCH3 is 1. The maximum atomic E-state index is 12.3. The van der Waals surface area contributed by atoms with Crippen molar-refractivity contribution in [1.29, 1.82) is 0 Å². The van der Waals surface area contributed by atoms with Gasteiger partial charge in [-0.1, -0.05) is 12.1 Å². The van der Waals surface area contributed by atoms with Gasteiger partial charge in [0.25, 0.3) is 0 Å². The number of nitrogens with zero attached hydrogens (tertiary/aromatic N) is 4. The van der Waals surface area contributed by atoms with Crippen molar-refractivity contribution in [1.82, 2.24) is 9.88 Å². The zero-order valence-corrected chi connectivity index (χ0v) is 17.7. The second kappa shape index (κ2) is 11.2. The maximum Gasteiger partial charge on any atom is 0.415 e. The highest BCUT2D eigenvalue weighted by Crippen LogP contribution is 2.32. The van der Waals surface area contributed by atoms with Gasteiger partial charge < -0.3 is 19.7 Å². The fourth-order valence-electron chi connectivity index (χ4n) is 2.40. The summed E-state index contributed by atoms with van der Waals surface area (Å²) in [6.07, 6.45) is -1.26. The summed E-state index contributed by atoms with van der Waals surface area (Å²) in [4.78, 5) is 40.8. The van der Waals surface area contributed by atoms with E-state index in [0.29, 0.717) is 18.8 Å². The van der Waals surface area contributed by atoms with Crippen molar-refractivity contribution in [2.75, 3.05) is 30.8 Å². The quantitative estimate of drug-likeness (QED) is 0.625. The second-order valence-corrected chi connectivity index (χ2v) is 6.07. The number of anilines is 2. The molecule has 3 amide bonds. The first-order valence-corrected chi connectivity index (χ1v) is 9.49. The molecule has 0 saturated heterocycles. The van der Waals surface area contributed by atoms with Crippen LogP contribution in [0.3, 0.4) is 0 Å². The monoisotopic (exact) mass is 428 g/mol. The van der Waals surface area contributed by atoms with E-state index in [4.69, 9.17) is 4.74 Å². The number of amides is 3. The molecule has 0 aliphatic heterocycles. The zero-order valence-electron chi connectivity index (χ0n) is 17.7. The Labute approximate surface area is 179 Å². The molecule has 0 spiro atoms. The van der Waals surface area contributed by atoms with E-state index in [1.54, 1.807) is 24.3 Å². The molecule has 0 aliphatic rings. The highest BCUT2D eigenvalue weighted by molar-refractivity contribution is 5.90. The number of carbonyl (C=O) groups is 3. The maximum absolute atomic E-state index is 12.3. The third-order valence-corrected chi connectivity index (χ3v) is 3.93. The number of azo groups is 1. The minimum Gasteiger partial charge on any atom is -0.453 e. The summed E-state index contributed by atoms with van der Waals surface area (Å²) in [6.45, 7) is 6.05. The Morgan fingerprint density at radius 2 is 1.68 bits per heavy atom. The standard InChI is InChI=1S/C20H24N6O5/c1-5-26(6-2)20(29)31-16-10-8-7-9-14(16)24-25-15-11-12-17(21-13(3)27)22-18(15)23-19(28)30-4/h7-12H,5-6H2,1-4H3,(H2,21,22,23,27,28)/b25-24+. The molecule has 2 rings (SSSR count). The molecule has 0 bridgehead atoms. The van der Waals surface area contributed by atoms with Crippen LogP contribution in [0.1, 0.15) is 20.8 Å². The minimum atomic E-state index is -0.766. The SMILES string of the molecule is CCN(CC)C(=O)Oc1ccccc1/N=N/c1ccc(NC(C)=O)nc1NC(=O)OC. The number of carbonyl (C=O) groups excluding carboxylic acids is 3. The van der Waals surface area contributed by atoms with Gasteiger partial charge in [-0.2, -0.15) is 0 Å². The van der Waals surface area contributed by atoms with Crippen LogP contribution < -0.4 is 15.4 Å². The number of nitrogens with one attached hydrogen (secondary N) is 2. The topological polar surface area (TPSA) is 135 Å². The minimum absolute atomic E-state index is 0.0273. The molecule has 1 heterocycles. The molecule has 0 atom stereocenters. The number of aromatic nitrogens is 1. The van der Waals surface area contributed by atoms with Crippen LogP contribution in [0.15, 0.2) is 46.6 Å². The number of benzene rings is 1. The Morgan fingerprint density at radius 3 is 2.32 bits per heavy atom. The summed E-state index contributed by atoms with van der Waals surface area (Å²) in [6, 6.07) is 9.66. The summed E-state index contributed by atoms with van der Waals surface area (Å²) in [5, 5.41) is 13.2. The van der Waals surface area contributed by atoms with Gasteiger partial charge in [-0.15, -0.1) is 10.2 Å². The Balaban J connectivity index is 2.33. The lowest BCUT2D eigenvalue weighted by Crippen LogP contribution is -2.33. The van der Waals surface area contributed by atoms with Gasteiger partial charge in [0.05, 0.1) is 7.11 Å². The lowest BCUT2D eigenvalue weighted by atomic mass is 10.3. The number of rotatable bonds is 7. The number of pyridine rings is 1. The van der Waals surface area contributed by atoms with Gasteiger partial charge >= 0.3 is 12.2 Å². The molecule has 31 heavy (non-hydrogen) atoms. The molecule has 1 aromatic carbocycles. The smallest absolute Gasteiger partial charge is 0.415 e. The van der Waals surface area contributed by atoms with Crippen molar-refractivity contribution >= 4 is 41.1 Å². The fraction of sp³-hybridized carbons (Fsp3) is 0.300. The van der Waals surface area contributed by atoms with Gasteiger partial charge in [0.1, 0.15) is 17.2 Å². The molecule has 0 fully saturated rings. The van der Waals surface area contributed by atoms with Gasteiger partial charge in [0.2, 0.25) is 5.91 Å². The predicted molar refractivity (Wildman–Crippen MR) is 114 cm³/mol. The van der Waals surface area contributed by atoms with E-state index >= 15 is 0 Å². The normalized spacial score (nSPS) is 10.5. The first-order chi connectivity index (χ1) is 14.9. The molecule has 2 aromatic rings. The van der Waals surface area contributed by atoms with Crippen LogP contribution in [-0.4, -0.2) is 48.2 Å². The van der Waals surface area contributed by atoms with Crippen LogP contribution in [0.25, 0.3) is 0 Å². The summed E-state index contributed by atoms with van der Waals surface area (Å²) >= 11 is 0. The molecule has 2 N–H and O–H groups in total. The van der Waals surface area contributed by atoms with E-state index in [-0.39, 0.29) is 29.0 Å². The lowest BCUT2D eigenvalue weighted by molar-refractivity contribution is -0.114. The largest absolute Gasteiger partial charge is 0.453 e. The van der Waals surface area contributed by atoms with Crippen LogP contribution in [0.4, 0.5) is 32.6 Å². The fourth-order valence-corrected chi connectivity index (χ4v) is 2.40. The van der Waals surface area contributed by atoms with E-state index in [1.165, 1.54) is 31.1 Å². The van der Waals surface area contributed by atoms with E-state index in [9.17, 15) is 14.4 Å². The van der Waals surface area contributed by atoms with Crippen molar-refractivity contribution in [2.24, 2.45) is 10.2 Å². The summed E-state index contributed by atoms with van der Waals surface area (Å²) < 4.78 is 10.0. The molecule has 1 aromatic heterocycles. The third-order valence-electron chi connectivity index (χ3n) is 3.93. The van der Waals surface area contributed by atoms with E-state index in [1.807, 2.05) is 13.8 Å². The van der Waals surface area contributed by atoms with Crippen molar-refractivity contribution < 1.29 is 23.9 Å². The van der Waals surface area contributed by atoms with Gasteiger partial charge in [0, 0.05) is 20.0 Å². The Hall–Kier alpha value is -4.02. The molecule has 11 heteroatoms. The first kappa shape index (κ1) is 23.3. The van der Waals surface area contributed by atoms with Crippen molar-refractivity contribution in [3.63, 3.8) is 0 Å². The number of ether oxygens (including phenoxy) is 2. The Morgan fingerprint density at radius 1 is 1.00 bits per heavy atom. The Bertz CT molecular complexity index is 974. The molecule has 0 unspecified atom stereocenters. The summed E-state index contributed by atoms with van der Waals surface area (Å²) in [5.41, 5.74) is 0.502. The van der Waals surface area contributed by atoms with Crippen LogP contribution >= 0.6 is 0 Å². The van der Waals surface area contributed by atoms with Gasteiger partial charge in [-0.3, -0.25) is 10.1 Å². The van der Waals surface area contributed by atoms with Crippen LogP contribution in [0.2, 0.25) is 0 Å². The number of hydrogen-bond acceptors (Lipinski definition) is 8.